The molecule has 2 aromatic carbocycles. The lowest BCUT2D eigenvalue weighted by Crippen LogP contribution is -2.41. The third-order valence-corrected chi connectivity index (χ3v) is 5.91. The monoisotopic (exact) mass is 501 g/mol. The van der Waals surface area contributed by atoms with E-state index in [1.807, 2.05) is 6.07 Å². The van der Waals surface area contributed by atoms with Crippen molar-refractivity contribution in [1.29, 1.82) is 5.26 Å². The van der Waals surface area contributed by atoms with Gasteiger partial charge in [-0.3, -0.25) is 14.2 Å². The van der Waals surface area contributed by atoms with Gasteiger partial charge in [0, 0.05) is 30.1 Å². The van der Waals surface area contributed by atoms with Gasteiger partial charge >= 0.3 is 6.18 Å². The van der Waals surface area contributed by atoms with Crippen molar-refractivity contribution >= 4 is 23.5 Å². The van der Waals surface area contributed by atoms with Crippen molar-refractivity contribution < 1.29 is 18.0 Å². The second-order valence-electron chi connectivity index (χ2n) is 7.94. The zero-order valence-electron chi connectivity index (χ0n) is 18.3. The number of carbonyl (C=O) groups is 1. The molecule has 7 nitrogen and oxygen atoms in total. The van der Waals surface area contributed by atoms with E-state index in [1.54, 1.807) is 29.2 Å². The van der Waals surface area contributed by atoms with Crippen molar-refractivity contribution in [3.05, 3.63) is 91.9 Å². The summed E-state index contributed by atoms with van der Waals surface area (Å²) in [4.78, 5) is 32.1. The minimum absolute atomic E-state index is 0.0488. The summed E-state index contributed by atoms with van der Waals surface area (Å²) >= 11 is 5.89. The van der Waals surface area contributed by atoms with E-state index in [9.17, 15) is 28.0 Å². The molecule has 35 heavy (non-hydrogen) atoms. The highest BCUT2D eigenvalue weighted by Crippen LogP contribution is 2.29. The summed E-state index contributed by atoms with van der Waals surface area (Å²) in [6.45, 7) is 0.226. The number of aromatic nitrogens is 2. The van der Waals surface area contributed by atoms with Gasteiger partial charge in [0.2, 0.25) is 5.95 Å². The number of anilines is 1. The summed E-state index contributed by atoms with van der Waals surface area (Å²) in [6, 6.07) is 13.0. The maximum Gasteiger partial charge on any atom is 0.416 e. The average molecular weight is 502 g/mol. The topological polar surface area (TPSA) is 91.0 Å². The summed E-state index contributed by atoms with van der Waals surface area (Å²) in [5, 5.41) is 12.7. The van der Waals surface area contributed by atoms with Crippen molar-refractivity contribution in [2.75, 3.05) is 11.9 Å². The van der Waals surface area contributed by atoms with Gasteiger partial charge in [0.25, 0.3) is 11.5 Å². The van der Waals surface area contributed by atoms with Gasteiger partial charge in [0.05, 0.1) is 29.4 Å². The SMILES string of the molecule is N#CCn1c(NCc2ccc(C(F)(F)F)cc2)nc2c(c1=O)CN(C(=O)c1ccc(Cl)cc1)CC2. The zero-order valence-corrected chi connectivity index (χ0v) is 19.0. The molecule has 3 aromatic rings. The molecule has 2 heterocycles. The summed E-state index contributed by atoms with van der Waals surface area (Å²) in [6.07, 6.45) is -4.09. The third-order valence-electron chi connectivity index (χ3n) is 5.65. The molecule has 0 unspecified atom stereocenters. The number of benzene rings is 2. The van der Waals surface area contributed by atoms with E-state index in [-0.39, 0.29) is 31.5 Å². The summed E-state index contributed by atoms with van der Waals surface area (Å²) in [7, 11) is 0. The Morgan fingerprint density at radius 2 is 1.83 bits per heavy atom. The fourth-order valence-electron chi connectivity index (χ4n) is 3.81. The molecule has 1 aliphatic rings. The van der Waals surface area contributed by atoms with Crippen LogP contribution in [0, 0.1) is 11.3 Å². The van der Waals surface area contributed by atoms with Crippen molar-refractivity contribution in [3.63, 3.8) is 0 Å². The Balaban J connectivity index is 1.56. The highest BCUT2D eigenvalue weighted by molar-refractivity contribution is 6.30. The second kappa shape index (κ2) is 9.80. The van der Waals surface area contributed by atoms with Crippen LogP contribution in [-0.4, -0.2) is 26.9 Å². The Morgan fingerprint density at radius 3 is 2.46 bits per heavy atom. The lowest BCUT2D eigenvalue weighted by molar-refractivity contribution is -0.137. The van der Waals surface area contributed by atoms with Crippen LogP contribution in [0.25, 0.3) is 0 Å². The maximum absolute atomic E-state index is 13.2. The predicted molar refractivity (Wildman–Crippen MR) is 123 cm³/mol. The van der Waals surface area contributed by atoms with E-state index in [0.29, 0.717) is 40.4 Å². The summed E-state index contributed by atoms with van der Waals surface area (Å²) in [5.74, 6) is -0.101. The number of hydrogen-bond acceptors (Lipinski definition) is 5. The summed E-state index contributed by atoms with van der Waals surface area (Å²) < 4.78 is 39.5. The van der Waals surface area contributed by atoms with E-state index in [4.69, 9.17) is 11.6 Å². The number of nitriles is 1. The number of amides is 1. The quantitative estimate of drug-likeness (QED) is 0.564. The van der Waals surface area contributed by atoms with Crippen LogP contribution in [0.15, 0.2) is 53.3 Å². The van der Waals surface area contributed by atoms with Gasteiger partial charge in [-0.05, 0) is 42.0 Å². The molecule has 0 spiro atoms. The molecule has 0 aliphatic carbocycles. The minimum atomic E-state index is -4.43. The standard InChI is InChI=1S/C24H19ClF3N5O2/c25-18-7-3-16(4-8-18)21(34)32-11-9-20-19(14-32)22(35)33(12-10-29)23(31-20)30-13-15-1-5-17(6-2-15)24(26,27)28/h1-8H,9,11-14H2,(H,30,31). The Hall–Kier alpha value is -3.84. The van der Waals surface area contributed by atoms with Gasteiger partial charge in [-0.15, -0.1) is 0 Å². The molecule has 180 valence electrons. The van der Waals surface area contributed by atoms with E-state index < -0.39 is 17.3 Å². The van der Waals surface area contributed by atoms with Crippen LogP contribution < -0.4 is 10.9 Å². The van der Waals surface area contributed by atoms with E-state index in [1.165, 1.54) is 16.7 Å². The van der Waals surface area contributed by atoms with Crippen LogP contribution >= 0.6 is 11.6 Å². The molecule has 4 rings (SSSR count). The maximum atomic E-state index is 13.2. The molecule has 0 fully saturated rings. The van der Waals surface area contributed by atoms with Crippen LogP contribution in [0.3, 0.4) is 0 Å². The molecule has 1 amide bonds. The van der Waals surface area contributed by atoms with Crippen LogP contribution in [0.1, 0.15) is 32.7 Å². The molecule has 1 N–H and O–H groups in total. The molecule has 0 saturated heterocycles. The molecule has 1 aliphatic heterocycles. The van der Waals surface area contributed by atoms with E-state index in [2.05, 4.69) is 10.3 Å². The number of nitrogens with zero attached hydrogens (tertiary/aromatic N) is 4. The Labute approximate surface area is 203 Å². The Kier molecular flexibility index (Phi) is 6.80. The van der Waals surface area contributed by atoms with Crippen LogP contribution in [-0.2, 0) is 32.2 Å². The predicted octanol–water partition coefficient (Wildman–Crippen LogP) is 4.25. The van der Waals surface area contributed by atoms with Crippen molar-refractivity contribution in [1.82, 2.24) is 14.5 Å². The minimum Gasteiger partial charge on any atom is -0.351 e. The van der Waals surface area contributed by atoms with Gasteiger partial charge < -0.3 is 10.2 Å². The smallest absolute Gasteiger partial charge is 0.351 e. The number of carbonyl (C=O) groups excluding carboxylic acids is 1. The molecular weight excluding hydrogens is 483 g/mol. The number of halogens is 4. The number of nitrogens with one attached hydrogen (secondary N) is 1. The van der Waals surface area contributed by atoms with Crippen LogP contribution in [0.2, 0.25) is 5.02 Å². The molecule has 0 radical (unpaired) electrons. The Bertz CT molecular complexity index is 1350. The van der Waals surface area contributed by atoms with Gasteiger partial charge in [0.1, 0.15) is 6.54 Å². The highest BCUT2D eigenvalue weighted by atomic mass is 35.5. The fraction of sp³-hybridized carbons (Fsp3) is 0.250. The molecule has 0 atom stereocenters. The largest absolute Gasteiger partial charge is 0.416 e. The average Bonchev–Trinajstić information content (AvgIpc) is 2.84. The van der Waals surface area contributed by atoms with Crippen molar-refractivity contribution in [2.45, 2.75) is 32.2 Å². The number of hydrogen-bond donors (Lipinski definition) is 1. The molecule has 11 heteroatoms. The molecular formula is C24H19ClF3N5O2. The molecule has 0 saturated carbocycles. The zero-order chi connectivity index (χ0) is 25.2. The number of alkyl halides is 3. The van der Waals surface area contributed by atoms with Crippen molar-refractivity contribution in [3.8, 4) is 6.07 Å². The lowest BCUT2D eigenvalue weighted by Gasteiger charge is -2.29. The first-order chi connectivity index (χ1) is 16.7. The first kappa shape index (κ1) is 24.3. The number of rotatable bonds is 5. The van der Waals surface area contributed by atoms with Crippen LogP contribution in [0.4, 0.5) is 19.1 Å². The highest BCUT2D eigenvalue weighted by Gasteiger charge is 2.30. The van der Waals surface area contributed by atoms with Gasteiger partial charge in [-0.1, -0.05) is 23.7 Å². The Morgan fingerprint density at radius 1 is 1.14 bits per heavy atom. The number of fused-ring (bicyclic) bond motifs is 1. The lowest BCUT2D eigenvalue weighted by atomic mass is 10.1. The first-order valence-electron chi connectivity index (χ1n) is 10.6. The van der Waals surface area contributed by atoms with E-state index in [0.717, 1.165) is 12.1 Å². The molecule has 1 aromatic heterocycles. The van der Waals surface area contributed by atoms with Gasteiger partial charge in [-0.25, -0.2) is 4.98 Å². The van der Waals surface area contributed by atoms with Gasteiger partial charge in [0.15, 0.2) is 0 Å². The van der Waals surface area contributed by atoms with E-state index >= 15 is 0 Å². The fourth-order valence-corrected chi connectivity index (χ4v) is 3.93. The first-order valence-corrected chi connectivity index (χ1v) is 11.0. The summed E-state index contributed by atoms with van der Waals surface area (Å²) in [5.41, 5.74) is 0.631. The van der Waals surface area contributed by atoms with Crippen LogP contribution in [0.5, 0.6) is 0 Å². The third kappa shape index (κ3) is 5.30. The molecule has 0 bridgehead atoms. The van der Waals surface area contributed by atoms with Gasteiger partial charge in [-0.2, -0.15) is 18.4 Å². The second-order valence-corrected chi connectivity index (χ2v) is 8.38. The van der Waals surface area contributed by atoms with Crippen molar-refractivity contribution in [2.24, 2.45) is 0 Å². The normalized spacial score (nSPS) is 13.2.